The van der Waals surface area contributed by atoms with Gasteiger partial charge in [-0.3, -0.25) is 18.2 Å². The lowest BCUT2D eigenvalue weighted by Crippen LogP contribution is -2.39. The highest BCUT2D eigenvalue weighted by Gasteiger charge is 2.22. The molecule has 274 valence electrons. The number of hydrogen-bond acceptors (Lipinski definition) is 16. The topological polar surface area (TPSA) is 290 Å². The third-order valence-electron chi connectivity index (χ3n) is 6.60. The fraction of sp³-hybridized carbons (Fsp3) is 0.308. The van der Waals surface area contributed by atoms with E-state index >= 15 is 0 Å². The molecule has 1 unspecified atom stereocenters. The SMILES string of the molecule is Cc1cc(NC2=NC(SCCCS(=O)(=O)O)N=C(SCCCS(=O)(=O)O)N2)ccc1NNc1cc(S(=O)(=O)O)c2cccc(S(=O)(=O)O)c2c1. The van der Waals surface area contributed by atoms with E-state index in [9.17, 15) is 42.8 Å². The zero-order chi connectivity index (χ0) is 36.9. The Morgan fingerprint density at radius 2 is 1.40 bits per heavy atom. The summed E-state index contributed by atoms with van der Waals surface area (Å²) < 4.78 is 130. The van der Waals surface area contributed by atoms with Gasteiger partial charge in [0.2, 0.25) is 5.96 Å². The molecule has 0 spiro atoms. The van der Waals surface area contributed by atoms with Gasteiger partial charge in [0.25, 0.3) is 40.5 Å². The van der Waals surface area contributed by atoms with E-state index in [4.69, 9.17) is 9.11 Å². The van der Waals surface area contributed by atoms with E-state index in [0.29, 0.717) is 33.6 Å². The lowest BCUT2D eigenvalue weighted by atomic mass is 10.1. The van der Waals surface area contributed by atoms with E-state index in [-0.39, 0.29) is 35.3 Å². The van der Waals surface area contributed by atoms with Crippen LogP contribution in [0.4, 0.5) is 17.1 Å². The van der Waals surface area contributed by atoms with Crippen molar-refractivity contribution < 1.29 is 51.9 Å². The van der Waals surface area contributed by atoms with Crippen LogP contribution in [-0.4, -0.2) is 91.5 Å². The first-order valence-corrected chi connectivity index (χ1v) is 22.3. The number of benzene rings is 3. The molecular weight excluding hydrogens is 781 g/mol. The van der Waals surface area contributed by atoms with Gasteiger partial charge in [-0.05, 0) is 67.5 Å². The number of guanidine groups is 1. The summed E-state index contributed by atoms with van der Waals surface area (Å²) in [5.41, 5.74) is 6.75. The van der Waals surface area contributed by atoms with Gasteiger partial charge in [0.15, 0.2) is 10.7 Å². The van der Waals surface area contributed by atoms with Gasteiger partial charge in [0, 0.05) is 22.2 Å². The minimum atomic E-state index is -4.81. The van der Waals surface area contributed by atoms with Crippen molar-refractivity contribution in [3.8, 4) is 0 Å². The number of anilines is 3. The molecule has 3 aromatic rings. The van der Waals surface area contributed by atoms with Crippen LogP contribution in [0.3, 0.4) is 0 Å². The van der Waals surface area contributed by atoms with Gasteiger partial charge >= 0.3 is 0 Å². The summed E-state index contributed by atoms with van der Waals surface area (Å²) in [7, 11) is -17.8. The minimum Gasteiger partial charge on any atom is -0.326 e. The highest BCUT2D eigenvalue weighted by Crippen LogP contribution is 2.32. The lowest BCUT2D eigenvalue weighted by Gasteiger charge is -2.22. The number of fused-ring (bicyclic) bond motifs is 1. The molecule has 24 heteroatoms. The van der Waals surface area contributed by atoms with Crippen molar-refractivity contribution in [3.63, 3.8) is 0 Å². The second-order valence-corrected chi connectivity index (χ2v) is 18.7. The van der Waals surface area contributed by atoms with E-state index in [1.807, 2.05) is 0 Å². The Morgan fingerprint density at radius 1 is 0.740 bits per heavy atom. The molecule has 0 aliphatic carbocycles. The van der Waals surface area contributed by atoms with Gasteiger partial charge in [-0.2, -0.15) is 33.7 Å². The molecule has 0 radical (unpaired) electrons. The maximum Gasteiger partial charge on any atom is 0.295 e. The fourth-order valence-electron chi connectivity index (χ4n) is 4.45. The molecule has 1 aliphatic heterocycles. The highest BCUT2D eigenvalue weighted by molar-refractivity contribution is 8.14. The number of thioether (sulfide) groups is 2. The molecule has 0 aromatic heterocycles. The van der Waals surface area contributed by atoms with Gasteiger partial charge in [-0.25, -0.2) is 9.98 Å². The van der Waals surface area contributed by atoms with Gasteiger partial charge in [-0.1, -0.05) is 23.9 Å². The van der Waals surface area contributed by atoms with Crippen molar-refractivity contribution in [2.75, 3.05) is 39.2 Å². The number of nitrogens with one attached hydrogen (secondary N) is 4. The zero-order valence-corrected chi connectivity index (χ0v) is 30.7. The molecule has 0 bridgehead atoms. The molecule has 1 aliphatic rings. The Balaban J connectivity index is 1.49. The maximum atomic E-state index is 12.1. The molecule has 3 aromatic carbocycles. The molecule has 1 atom stereocenters. The van der Waals surface area contributed by atoms with Crippen LogP contribution < -0.4 is 21.5 Å². The summed E-state index contributed by atoms with van der Waals surface area (Å²) in [6.07, 6.45) is 0.299. The van der Waals surface area contributed by atoms with E-state index < -0.39 is 67.3 Å². The number of aryl methyl sites for hydroxylation is 1. The predicted octanol–water partition coefficient (Wildman–Crippen LogP) is 3.11. The van der Waals surface area contributed by atoms with Crippen LogP contribution in [0.25, 0.3) is 10.8 Å². The first-order valence-electron chi connectivity index (χ1n) is 14.2. The summed E-state index contributed by atoms with van der Waals surface area (Å²) >= 11 is 2.41. The monoisotopic (exact) mass is 812 g/mol. The highest BCUT2D eigenvalue weighted by atomic mass is 32.2. The van der Waals surface area contributed by atoms with Crippen molar-refractivity contribution in [3.05, 3.63) is 54.1 Å². The maximum absolute atomic E-state index is 12.1. The van der Waals surface area contributed by atoms with E-state index in [1.165, 1.54) is 41.7 Å². The standard InChI is InChI=1S/C26H32N6O12S6/c1-16-13-17(27-24-28-25(45-9-3-11-47(33,34)35)30-26(29-24)46-10-4-12-48(36,37)38)7-8-21(16)32-31-18-14-20-19(23(15-18)50(42,43)44)5-2-6-22(20)49(39,40)41/h2,5-8,13-15,25,31-32H,3-4,9-12H2,1H3,(H,33,34,35)(H,36,37,38)(H,39,40,41)(H,42,43,44)(H2,27,28,29,30). The molecule has 4 rings (SSSR count). The Kier molecular flexibility index (Phi) is 12.7. The van der Waals surface area contributed by atoms with Crippen LogP contribution in [-0.2, 0) is 40.5 Å². The van der Waals surface area contributed by atoms with Crippen LogP contribution in [0, 0.1) is 6.92 Å². The van der Waals surface area contributed by atoms with Crippen LogP contribution >= 0.6 is 23.5 Å². The van der Waals surface area contributed by atoms with Crippen LogP contribution in [0.2, 0.25) is 0 Å². The lowest BCUT2D eigenvalue weighted by molar-refractivity contribution is 0.480. The van der Waals surface area contributed by atoms with Crippen LogP contribution in [0.5, 0.6) is 0 Å². The molecule has 18 nitrogen and oxygen atoms in total. The van der Waals surface area contributed by atoms with Crippen molar-refractivity contribution in [1.29, 1.82) is 0 Å². The average molecular weight is 813 g/mol. The third-order valence-corrected chi connectivity index (χ3v) is 12.0. The fourth-order valence-corrected chi connectivity index (χ4v) is 9.04. The van der Waals surface area contributed by atoms with Crippen molar-refractivity contribution in [1.82, 2.24) is 5.32 Å². The Bertz CT molecular complexity index is 2270. The summed E-state index contributed by atoms with van der Waals surface area (Å²) in [6, 6.07) is 11.0. The summed E-state index contributed by atoms with van der Waals surface area (Å²) in [4.78, 5) is 7.79. The van der Waals surface area contributed by atoms with Crippen molar-refractivity contribution in [2.45, 2.75) is 35.1 Å². The first kappa shape index (κ1) is 39.6. The van der Waals surface area contributed by atoms with Crippen molar-refractivity contribution in [2.24, 2.45) is 9.98 Å². The molecule has 1 heterocycles. The average Bonchev–Trinajstić information content (AvgIpc) is 2.98. The number of rotatable bonds is 15. The number of aliphatic imine (C=N–C) groups is 2. The summed E-state index contributed by atoms with van der Waals surface area (Å²) in [6.45, 7) is 1.75. The van der Waals surface area contributed by atoms with Gasteiger partial charge < -0.3 is 21.5 Å². The van der Waals surface area contributed by atoms with Crippen LogP contribution in [0.15, 0.2) is 68.3 Å². The first-order chi connectivity index (χ1) is 23.2. The van der Waals surface area contributed by atoms with Crippen molar-refractivity contribution >= 4 is 103 Å². The Labute approximate surface area is 297 Å². The molecule has 50 heavy (non-hydrogen) atoms. The molecule has 0 saturated carbocycles. The van der Waals surface area contributed by atoms with E-state index in [0.717, 1.165) is 12.1 Å². The van der Waals surface area contributed by atoms with Crippen LogP contribution in [0.1, 0.15) is 18.4 Å². The smallest absolute Gasteiger partial charge is 0.295 e. The summed E-state index contributed by atoms with van der Waals surface area (Å²) in [5, 5.41) is 6.23. The molecule has 0 saturated heterocycles. The largest absolute Gasteiger partial charge is 0.326 e. The van der Waals surface area contributed by atoms with E-state index in [2.05, 4.69) is 31.5 Å². The second-order valence-electron chi connectivity index (χ2n) is 10.5. The van der Waals surface area contributed by atoms with Gasteiger partial charge in [0.1, 0.15) is 9.79 Å². The normalized spacial score (nSPS) is 15.6. The predicted molar refractivity (Wildman–Crippen MR) is 194 cm³/mol. The molecule has 0 amide bonds. The molecular formula is C26H32N6O12S6. The zero-order valence-electron chi connectivity index (χ0n) is 25.8. The summed E-state index contributed by atoms with van der Waals surface area (Å²) in [5.74, 6) is 0.0158. The Hall–Kier alpha value is -3.20. The molecule has 8 N–H and O–H groups in total. The van der Waals surface area contributed by atoms with Gasteiger partial charge in [0.05, 0.1) is 22.9 Å². The Morgan fingerprint density at radius 3 is 2.02 bits per heavy atom. The number of hydrogen-bond donors (Lipinski definition) is 8. The number of amidine groups is 1. The quantitative estimate of drug-likeness (QED) is 0.0621. The number of hydrazine groups is 1. The van der Waals surface area contributed by atoms with E-state index in [1.54, 1.807) is 25.1 Å². The number of nitrogens with zero attached hydrogens (tertiary/aromatic N) is 2. The molecule has 0 fully saturated rings. The second kappa shape index (κ2) is 16.0. The third kappa shape index (κ3) is 12.0. The van der Waals surface area contributed by atoms with Gasteiger partial charge in [-0.15, -0.1) is 11.8 Å². The minimum absolute atomic E-state index is 0.0459.